The Morgan fingerprint density at radius 3 is 3.00 bits per heavy atom. The van der Waals surface area contributed by atoms with Crippen LogP contribution in [0.25, 0.3) is 0 Å². The standard InChI is InChI=1S/C15H17N5OS/c1-15(2)5-9-11(10(21)6-15)12(8-3-4-22-7-8)20-14(17-9)18-13(16)19-20/h3-4,7,12H,5-6H2,1-2H3,(H3,16,17,18,19). The van der Waals surface area contributed by atoms with Gasteiger partial charge in [-0.1, -0.05) is 13.8 Å². The first-order valence-corrected chi connectivity index (χ1v) is 8.16. The van der Waals surface area contributed by atoms with Gasteiger partial charge in [-0.15, -0.1) is 5.10 Å². The van der Waals surface area contributed by atoms with Gasteiger partial charge in [-0.2, -0.15) is 16.3 Å². The van der Waals surface area contributed by atoms with E-state index in [1.165, 1.54) is 0 Å². The Balaban J connectivity index is 1.92. The van der Waals surface area contributed by atoms with Gasteiger partial charge < -0.3 is 11.1 Å². The number of carbonyl (C=O) groups is 1. The topological polar surface area (TPSA) is 85.8 Å². The van der Waals surface area contributed by atoms with Crippen LogP contribution in [0, 0.1) is 5.41 Å². The predicted octanol–water partition coefficient (Wildman–Crippen LogP) is 2.58. The average Bonchev–Trinajstić information content (AvgIpc) is 3.02. The molecule has 0 bridgehead atoms. The Morgan fingerprint density at radius 2 is 2.27 bits per heavy atom. The fraction of sp³-hybridized carbons (Fsp3) is 0.400. The second kappa shape index (κ2) is 4.42. The molecular weight excluding hydrogens is 298 g/mol. The highest BCUT2D eigenvalue weighted by Crippen LogP contribution is 2.45. The van der Waals surface area contributed by atoms with E-state index in [4.69, 9.17) is 5.73 Å². The van der Waals surface area contributed by atoms with Crippen LogP contribution in [-0.2, 0) is 4.79 Å². The highest BCUT2D eigenvalue weighted by atomic mass is 32.1. The van der Waals surface area contributed by atoms with Crippen molar-refractivity contribution < 1.29 is 4.79 Å². The number of hydrogen-bond acceptors (Lipinski definition) is 6. The highest BCUT2D eigenvalue weighted by Gasteiger charge is 2.41. The molecular formula is C15H17N5OS. The lowest BCUT2D eigenvalue weighted by atomic mass is 9.73. The number of aromatic nitrogens is 3. The lowest BCUT2D eigenvalue weighted by molar-refractivity contribution is -0.118. The minimum Gasteiger partial charge on any atom is -0.366 e. The van der Waals surface area contributed by atoms with Crippen LogP contribution in [0.2, 0.25) is 0 Å². The largest absolute Gasteiger partial charge is 0.366 e. The van der Waals surface area contributed by atoms with E-state index in [9.17, 15) is 4.79 Å². The van der Waals surface area contributed by atoms with Crippen molar-refractivity contribution in [1.82, 2.24) is 14.8 Å². The number of carbonyl (C=O) groups excluding carboxylic acids is 1. The number of nitrogens with zero attached hydrogens (tertiary/aromatic N) is 3. The van der Waals surface area contributed by atoms with Crippen LogP contribution < -0.4 is 11.1 Å². The molecule has 0 spiro atoms. The van der Waals surface area contributed by atoms with E-state index in [2.05, 4.69) is 34.6 Å². The Labute approximate surface area is 132 Å². The van der Waals surface area contributed by atoms with E-state index in [1.54, 1.807) is 16.0 Å². The smallest absolute Gasteiger partial charge is 0.241 e. The van der Waals surface area contributed by atoms with Crippen LogP contribution in [0.4, 0.5) is 11.9 Å². The molecule has 114 valence electrons. The number of anilines is 2. The van der Waals surface area contributed by atoms with Crippen molar-refractivity contribution in [1.29, 1.82) is 0 Å². The summed E-state index contributed by atoms with van der Waals surface area (Å²) in [6, 6.07) is 1.80. The zero-order valence-electron chi connectivity index (χ0n) is 12.5. The molecule has 2 aromatic rings. The maximum atomic E-state index is 12.8. The minimum absolute atomic E-state index is 0.0458. The number of fused-ring (bicyclic) bond motifs is 1. The van der Waals surface area contributed by atoms with E-state index in [1.807, 2.05) is 11.4 Å². The summed E-state index contributed by atoms with van der Waals surface area (Å²) in [5.41, 5.74) is 8.53. The summed E-state index contributed by atoms with van der Waals surface area (Å²) in [6.45, 7) is 4.23. The first-order chi connectivity index (χ1) is 10.4. The maximum absolute atomic E-state index is 12.8. The van der Waals surface area contributed by atoms with Gasteiger partial charge in [0, 0.05) is 17.7 Å². The van der Waals surface area contributed by atoms with E-state index in [-0.39, 0.29) is 23.2 Å². The third-order valence-electron chi connectivity index (χ3n) is 4.21. The van der Waals surface area contributed by atoms with Gasteiger partial charge in [0.05, 0.1) is 0 Å². The molecule has 1 aliphatic heterocycles. The average molecular weight is 315 g/mol. The molecule has 2 aromatic heterocycles. The van der Waals surface area contributed by atoms with Crippen molar-refractivity contribution in [3.63, 3.8) is 0 Å². The predicted molar refractivity (Wildman–Crippen MR) is 85.6 cm³/mol. The molecule has 0 saturated carbocycles. The van der Waals surface area contributed by atoms with Crippen molar-refractivity contribution in [2.45, 2.75) is 32.7 Å². The molecule has 22 heavy (non-hydrogen) atoms. The molecule has 0 fully saturated rings. The normalized spacial score (nSPS) is 23.0. The lowest BCUT2D eigenvalue weighted by Crippen LogP contribution is -2.36. The fourth-order valence-electron chi connectivity index (χ4n) is 3.36. The van der Waals surface area contributed by atoms with Gasteiger partial charge in [-0.3, -0.25) is 4.79 Å². The van der Waals surface area contributed by atoms with E-state index in [0.29, 0.717) is 12.4 Å². The van der Waals surface area contributed by atoms with Crippen molar-refractivity contribution in [2.75, 3.05) is 11.1 Å². The number of allylic oxidation sites excluding steroid dienone is 2. The molecule has 6 nitrogen and oxygen atoms in total. The zero-order chi connectivity index (χ0) is 15.5. The number of ketones is 1. The molecule has 0 amide bonds. The SMILES string of the molecule is CC1(C)CC(=O)C2=C(C1)Nc1nc(N)nn1C2c1ccsc1. The molecule has 1 atom stereocenters. The quantitative estimate of drug-likeness (QED) is 0.844. The third kappa shape index (κ3) is 1.96. The van der Waals surface area contributed by atoms with Gasteiger partial charge in [0.2, 0.25) is 11.9 Å². The summed E-state index contributed by atoms with van der Waals surface area (Å²) >= 11 is 1.61. The van der Waals surface area contributed by atoms with Gasteiger partial charge in [0.25, 0.3) is 0 Å². The van der Waals surface area contributed by atoms with Crippen LogP contribution in [0.3, 0.4) is 0 Å². The van der Waals surface area contributed by atoms with Crippen molar-refractivity contribution in [3.05, 3.63) is 33.7 Å². The molecule has 1 unspecified atom stereocenters. The van der Waals surface area contributed by atoms with Crippen molar-refractivity contribution >= 4 is 29.0 Å². The number of nitrogens with one attached hydrogen (secondary N) is 1. The zero-order valence-corrected chi connectivity index (χ0v) is 13.3. The molecule has 3 heterocycles. The van der Waals surface area contributed by atoms with Crippen molar-refractivity contribution in [3.8, 4) is 0 Å². The second-order valence-corrected chi connectivity index (χ2v) is 7.44. The molecule has 2 aliphatic rings. The van der Waals surface area contributed by atoms with E-state index >= 15 is 0 Å². The van der Waals surface area contributed by atoms with Gasteiger partial charge >= 0.3 is 0 Å². The summed E-state index contributed by atoms with van der Waals surface area (Å²) < 4.78 is 1.73. The summed E-state index contributed by atoms with van der Waals surface area (Å²) in [5, 5.41) is 11.6. The number of thiophene rings is 1. The van der Waals surface area contributed by atoms with Crippen LogP contribution in [0.5, 0.6) is 0 Å². The molecule has 1 aliphatic carbocycles. The molecule has 7 heteroatoms. The number of nitrogen functional groups attached to an aromatic ring is 1. The van der Waals surface area contributed by atoms with Gasteiger partial charge in [0.15, 0.2) is 5.78 Å². The Bertz CT molecular complexity index is 787. The number of hydrogen-bond donors (Lipinski definition) is 2. The van der Waals surface area contributed by atoms with Gasteiger partial charge in [-0.25, -0.2) is 4.68 Å². The Hall–Kier alpha value is -2.15. The number of Topliss-reactive ketones (excluding diaryl/α,β-unsaturated/α-hetero) is 1. The van der Waals surface area contributed by atoms with Crippen LogP contribution >= 0.6 is 11.3 Å². The van der Waals surface area contributed by atoms with Crippen molar-refractivity contribution in [2.24, 2.45) is 5.41 Å². The first-order valence-electron chi connectivity index (χ1n) is 7.22. The van der Waals surface area contributed by atoms with Crippen LogP contribution in [-0.4, -0.2) is 20.5 Å². The summed E-state index contributed by atoms with van der Waals surface area (Å²) in [5.74, 6) is 1.00. The van der Waals surface area contributed by atoms with Crippen LogP contribution in [0.1, 0.15) is 38.3 Å². The van der Waals surface area contributed by atoms with Crippen LogP contribution in [0.15, 0.2) is 28.1 Å². The fourth-order valence-corrected chi connectivity index (χ4v) is 4.04. The second-order valence-electron chi connectivity index (χ2n) is 6.66. The summed E-state index contributed by atoms with van der Waals surface area (Å²) in [7, 11) is 0. The van der Waals surface area contributed by atoms with Gasteiger partial charge in [-0.05, 0) is 34.2 Å². The molecule has 0 aromatic carbocycles. The van der Waals surface area contributed by atoms with E-state index in [0.717, 1.165) is 23.3 Å². The summed E-state index contributed by atoms with van der Waals surface area (Å²) in [6.07, 6.45) is 1.37. The minimum atomic E-state index is -0.231. The number of rotatable bonds is 1. The molecule has 4 rings (SSSR count). The Morgan fingerprint density at radius 1 is 1.45 bits per heavy atom. The maximum Gasteiger partial charge on any atom is 0.241 e. The summed E-state index contributed by atoms with van der Waals surface area (Å²) in [4.78, 5) is 17.0. The van der Waals surface area contributed by atoms with Gasteiger partial charge in [0.1, 0.15) is 6.04 Å². The van der Waals surface area contributed by atoms with E-state index < -0.39 is 0 Å². The Kier molecular flexibility index (Phi) is 2.72. The number of nitrogens with two attached hydrogens (primary N) is 1. The first kappa shape index (κ1) is 13.5. The molecule has 0 saturated heterocycles. The molecule has 0 radical (unpaired) electrons. The third-order valence-corrected chi connectivity index (χ3v) is 4.91. The lowest BCUT2D eigenvalue weighted by Gasteiger charge is -2.37. The molecule has 3 N–H and O–H groups in total. The monoisotopic (exact) mass is 315 g/mol. The highest BCUT2D eigenvalue weighted by molar-refractivity contribution is 7.08.